The van der Waals surface area contributed by atoms with Crippen molar-refractivity contribution in [2.24, 2.45) is 11.8 Å². The van der Waals surface area contributed by atoms with Crippen molar-refractivity contribution < 1.29 is 4.79 Å². The highest BCUT2D eigenvalue weighted by atomic mass is 35.5. The lowest BCUT2D eigenvalue weighted by Crippen LogP contribution is -2.25. The molecule has 0 bridgehead atoms. The highest BCUT2D eigenvalue weighted by Gasteiger charge is 2.31. The molecule has 2 heterocycles. The predicted octanol–water partition coefficient (Wildman–Crippen LogP) is 2.13. The van der Waals surface area contributed by atoms with Crippen LogP contribution in [-0.4, -0.2) is 27.3 Å². The van der Waals surface area contributed by atoms with Gasteiger partial charge < -0.3 is 4.90 Å². The number of likely N-dealkylation sites (tertiary alicyclic amines) is 1. The zero-order valence-electron chi connectivity index (χ0n) is 10.1. The van der Waals surface area contributed by atoms with Crippen molar-refractivity contribution in [3.63, 3.8) is 0 Å². The van der Waals surface area contributed by atoms with Crippen LogP contribution in [0.2, 0.25) is 5.15 Å². The number of carbonyl (C=O) groups is 1. The first kappa shape index (κ1) is 12.3. The van der Waals surface area contributed by atoms with E-state index in [-0.39, 0.29) is 5.91 Å². The standard InChI is InChI=1S/C12H16ClN3O/c1-8(2)9-3-12(17)16(6-9)7-10-4-15-11(13)5-14-10/h4-5,8-9H,3,6-7H2,1-2H3. The van der Waals surface area contributed by atoms with E-state index >= 15 is 0 Å². The lowest BCUT2D eigenvalue weighted by atomic mass is 9.95. The second kappa shape index (κ2) is 5.00. The first-order valence-corrected chi connectivity index (χ1v) is 6.18. The first-order valence-electron chi connectivity index (χ1n) is 5.80. The molecule has 1 aromatic heterocycles. The molecule has 0 saturated carbocycles. The van der Waals surface area contributed by atoms with Gasteiger partial charge in [0.2, 0.25) is 5.91 Å². The molecule has 1 amide bonds. The summed E-state index contributed by atoms with van der Waals surface area (Å²) in [4.78, 5) is 21.8. The summed E-state index contributed by atoms with van der Waals surface area (Å²) in [7, 11) is 0. The Morgan fingerprint density at radius 2 is 2.24 bits per heavy atom. The van der Waals surface area contributed by atoms with Gasteiger partial charge in [-0.15, -0.1) is 0 Å². The Bertz CT molecular complexity index is 405. The number of rotatable bonds is 3. The SMILES string of the molecule is CC(C)C1CC(=O)N(Cc2cnc(Cl)cn2)C1. The minimum Gasteiger partial charge on any atom is -0.336 e. The Morgan fingerprint density at radius 1 is 1.47 bits per heavy atom. The van der Waals surface area contributed by atoms with Gasteiger partial charge in [0.1, 0.15) is 5.15 Å². The molecule has 0 N–H and O–H groups in total. The largest absolute Gasteiger partial charge is 0.336 e. The quantitative estimate of drug-likeness (QED) is 0.829. The van der Waals surface area contributed by atoms with Gasteiger partial charge in [0, 0.05) is 13.0 Å². The number of hydrogen-bond donors (Lipinski definition) is 0. The van der Waals surface area contributed by atoms with E-state index in [1.807, 2.05) is 4.90 Å². The van der Waals surface area contributed by atoms with Crippen LogP contribution in [0.15, 0.2) is 12.4 Å². The van der Waals surface area contributed by atoms with Gasteiger partial charge in [-0.1, -0.05) is 25.4 Å². The summed E-state index contributed by atoms with van der Waals surface area (Å²) in [6.07, 6.45) is 3.79. The van der Waals surface area contributed by atoms with E-state index in [0.29, 0.717) is 30.0 Å². The number of amides is 1. The second-order valence-electron chi connectivity index (χ2n) is 4.81. The minimum absolute atomic E-state index is 0.209. The fourth-order valence-electron chi connectivity index (χ4n) is 2.02. The predicted molar refractivity (Wildman–Crippen MR) is 65.4 cm³/mol. The second-order valence-corrected chi connectivity index (χ2v) is 5.20. The number of nitrogens with zero attached hydrogens (tertiary/aromatic N) is 3. The highest BCUT2D eigenvalue weighted by molar-refractivity contribution is 6.29. The normalized spacial score (nSPS) is 20.4. The average molecular weight is 254 g/mol. The summed E-state index contributed by atoms with van der Waals surface area (Å²) < 4.78 is 0. The van der Waals surface area contributed by atoms with Crippen molar-refractivity contribution in [2.45, 2.75) is 26.8 Å². The molecule has 0 spiro atoms. The lowest BCUT2D eigenvalue weighted by Gasteiger charge is -2.17. The number of hydrogen-bond acceptors (Lipinski definition) is 3. The molecule has 0 aliphatic carbocycles. The average Bonchev–Trinajstić information content (AvgIpc) is 2.64. The van der Waals surface area contributed by atoms with Gasteiger partial charge in [0.25, 0.3) is 0 Å². The maximum atomic E-state index is 11.8. The van der Waals surface area contributed by atoms with Crippen LogP contribution in [0.4, 0.5) is 0 Å². The molecular formula is C12H16ClN3O. The van der Waals surface area contributed by atoms with E-state index in [1.54, 1.807) is 6.20 Å². The third kappa shape index (κ3) is 2.94. The van der Waals surface area contributed by atoms with E-state index in [1.165, 1.54) is 6.20 Å². The minimum atomic E-state index is 0.209. The molecule has 1 saturated heterocycles. The molecule has 17 heavy (non-hydrogen) atoms. The summed E-state index contributed by atoms with van der Waals surface area (Å²) in [6, 6.07) is 0. The molecule has 4 nitrogen and oxygen atoms in total. The van der Waals surface area contributed by atoms with Crippen LogP contribution in [0.5, 0.6) is 0 Å². The zero-order valence-corrected chi connectivity index (χ0v) is 10.8. The molecule has 2 rings (SSSR count). The Kier molecular flexibility index (Phi) is 3.62. The van der Waals surface area contributed by atoms with Crippen LogP contribution in [0.25, 0.3) is 0 Å². The van der Waals surface area contributed by atoms with Gasteiger partial charge in [0.05, 0.1) is 24.6 Å². The van der Waals surface area contributed by atoms with Gasteiger partial charge in [-0.25, -0.2) is 4.98 Å². The topological polar surface area (TPSA) is 46.1 Å². The Hall–Kier alpha value is -1.16. The van der Waals surface area contributed by atoms with E-state index in [0.717, 1.165) is 12.2 Å². The molecule has 1 aromatic rings. The summed E-state index contributed by atoms with van der Waals surface area (Å²) in [6.45, 7) is 5.67. The summed E-state index contributed by atoms with van der Waals surface area (Å²) in [5, 5.41) is 0.376. The fourth-order valence-corrected chi connectivity index (χ4v) is 2.12. The Labute approximate surface area is 106 Å². The van der Waals surface area contributed by atoms with Crippen LogP contribution in [-0.2, 0) is 11.3 Å². The van der Waals surface area contributed by atoms with Gasteiger partial charge in [-0.2, -0.15) is 0 Å². The molecule has 1 aliphatic rings. The third-order valence-electron chi connectivity index (χ3n) is 3.21. The van der Waals surface area contributed by atoms with Gasteiger partial charge in [-0.05, 0) is 11.8 Å². The van der Waals surface area contributed by atoms with E-state index in [4.69, 9.17) is 11.6 Å². The third-order valence-corrected chi connectivity index (χ3v) is 3.41. The van der Waals surface area contributed by atoms with Crippen LogP contribution in [0.3, 0.4) is 0 Å². The van der Waals surface area contributed by atoms with E-state index in [9.17, 15) is 4.79 Å². The molecule has 1 aliphatic heterocycles. The van der Waals surface area contributed by atoms with Crippen LogP contribution in [0, 0.1) is 11.8 Å². The summed E-state index contributed by atoms with van der Waals surface area (Å²) >= 11 is 5.67. The van der Waals surface area contributed by atoms with E-state index < -0.39 is 0 Å². The molecule has 1 atom stereocenters. The van der Waals surface area contributed by atoms with Crippen molar-refractivity contribution in [3.05, 3.63) is 23.2 Å². The Morgan fingerprint density at radius 3 is 2.76 bits per heavy atom. The van der Waals surface area contributed by atoms with Crippen LogP contribution in [0.1, 0.15) is 26.0 Å². The smallest absolute Gasteiger partial charge is 0.223 e. The highest BCUT2D eigenvalue weighted by Crippen LogP contribution is 2.25. The number of halogens is 1. The molecule has 0 aromatic carbocycles. The molecular weight excluding hydrogens is 238 g/mol. The number of carbonyl (C=O) groups excluding carboxylic acids is 1. The molecule has 1 unspecified atom stereocenters. The fraction of sp³-hybridized carbons (Fsp3) is 0.583. The Balaban J connectivity index is 2.00. The van der Waals surface area contributed by atoms with Crippen molar-refractivity contribution in [2.75, 3.05) is 6.54 Å². The number of aromatic nitrogens is 2. The molecule has 92 valence electrons. The van der Waals surface area contributed by atoms with E-state index in [2.05, 4.69) is 23.8 Å². The first-order chi connectivity index (χ1) is 8.06. The molecule has 5 heteroatoms. The van der Waals surface area contributed by atoms with Crippen molar-refractivity contribution in [1.29, 1.82) is 0 Å². The maximum Gasteiger partial charge on any atom is 0.223 e. The van der Waals surface area contributed by atoms with Gasteiger partial charge in [0.15, 0.2) is 0 Å². The van der Waals surface area contributed by atoms with Gasteiger partial charge >= 0.3 is 0 Å². The van der Waals surface area contributed by atoms with Crippen LogP contribution >= 0.6 is 11.6 Å². The summed E-state index contributed by atoms with van der Waals surface area (Å²) in [5.74, 6) is 1.21. The van der Waals surface area contributed by atoms with Crippen molar-refractivity contribution >= 4 is 17.5 Å². The lowest BCUT2D eigenvalue weighted by molar-refractivity contribution is -0.128. The maximum absolute atomic E-state index is 11.8. The van der Waals surface area contributed by atoms with Crippen molar-refractivity contribution in [3.8, 4) is 0 Å². The van der Waals surface area contributed by atoms with Crippen molar-refractivity contribution in [1.82, 2.24) is 14.9 Å². The molecule has 1 fully saturated rings. The van der Waals surface area contributed by atoms with Crippen LogP contribution < -0.4 is 0 Å². The monoisotopic (exact) mass is 253 g/mol. The summed E-state index contributed by atoms with van der Waals surface area (Å²) in [5.41, 5.74) is 0.784. The zero-order chi connectivity index (χ0) is 12.4. The van der Waals surface area contributed by atoms with Gasteiger partial charge in [-0.3, -0.25) is 9.78 Å². The molecule has 0 radical (unpaired) electrons.